The van der Waals surface area contributed by atoms with Gasteiger partial charge in [-0.3, -0.25) is 4.90 Å². The molecule has 2 nitrogen and oxygen atoms in total. The van der Waals surface area contributed by atoms with Crippen LogP contribution in [0.1, 0.15) is 19.3 Å². The van der Waals surface area contributed by atoms with Crippen LogP contribution in [0, 0.1) is 0 Å². The maximum absolute atomic E-state index is 5.43. The first kappa shape index (κ1) is 9.21. The van der Waals surface area contributed by atoms with Crippen LogP contribution in [-0.4, -0.2) is 24.7 Å². The fraction of sp³-hybridized carbons (Fsp3) is 1.00. The highest BCUT2D eigenvalue weighted by Gasteiger charge is 2.05. The van der Waals surface area contributed by atoms with Crippen LogP contribution in [0.3, 0.4) is 0 Å². The molecule has 0 aliphatic carbocycles. The number of likely N-dealkylation sites (tertiary alicyclic amines) is 1. The molecule has 0 bridgehead atoms. The summed E-state index contributed by atoms with van der Waals surface area (Å²) in [5.41, 5.74) is 5.43. The molecule has 0 radical (unpaired) electrons. The van der Waals surface area contributed by atoms with Gasteiger partial charge in [0.05, 0.1) is 0 Å². The van der Waals surface area contributed by atoms with E-state index in [2.05, 4.69) is 4.90 Å². The first-order valence-corrected chi connectivity index (χ1v) is 3.36. The van der Waals surface area contributed by atoms with Crippen LogP contribution >= 0.6 is 12.4 Å². The van der Waals surface area contributed by atoms with E-state index < -0.39 is 0 Å². The van der Waals surface area contributed by atoms with Gasteiger partial charge in [-0.25, -0.2) is 0 Å². The Labute approximate surface area is 62.8 Å². The fourth-order valence-corrected chi connectivity index (χ4v) is 1.14. The second kappa shape index (κ2) is 5.03. The summed E-state index contributed by atoms with van der Waals surface area (Å²) < 4.78 is 0. The maximum Gasteiger partial charge on any atom is 0.0455 e. The quantitative estimate of drug-likeness (QED) is 0.600. The molecule has 1 rings (SSSR count). The van der Waals surface area contributed by atoms with E-state index in [4.69, 9.17) is 5.73 Å². The van der Waals surface area contributed by atoms with E-state index in [1.54, 1.807) is 0 Å². The van der Waals surface area contributed by atoms with Crippen molar-refractivity contribution in [2.45, 2.75) is 19.3 Å². The Bertz CT molecular complexity index is 62.1. The lowest BCUT2D eigenvalue weighted by molar-refractivity contribution is 0.235. The van der Waals surface area contributed by atoms with Crippen LogP contribution in [-0.2, 0) is 0 Å². The van der Waals surface area contributed by atoms with Crippen molar-refractivity contribution in [1.29, 1.82) is 0 Å². The molecule has 0 spiro atoms. The van der Waals surface area contributed by atoms with Crippen LogP contribution in [0.25, 0.3) is 0 Å². The zero-order valence-corrected chi connectivity index (χ0v) is 6.49. The summed E-state index contributed by atoms with van der Waals surface area (Å²) in [6.45, 7) is 3.19. The molecule has 1 saturated heterocycles. The molecule has 9 heavy (non-hydrogen) atoms. The molecule has 2 N–H and O–H groups in total. The molecule has 3 heteroatoms. The van der Waals surface area contributed by atoms with E-state index in [0.717, 1.165) is 6.67 Å². The number of piperidine rings is 1. The van der Waals surface area contributed by atoms with Crippen LogP contribution < -0.4 is 5.73 Å². The van der Waals surface area contributed by atoms with Crippen molar-refractivity contribution in [2.24, 2.45) is 5.73 Å². The van der Waals surface area contributed by atoms with Crippen LogP contribution in [0.5, 0.6) is 0 Å². The molecule has 0 aromatic heterocycles. The van der Waals surface area contributed by atoms with Gasteiger partial charge in [0.1, 0.15) is 0 Å². The fourth-order valence-electron chi connectivity index (χ4n) is 1.14. The molecule has 1 heterocycles. The average molecular weight is 151 g/mol. The first-order chi connectivity index (χ1) is 3.93. The monoisotopic (exact) mass is 150 g/mol. The zero-order chi connectivity index (χ0) is 5.82. The lowest BCUT2D eigenvalue weighted by Crippen LogP contribution is -2.34. The van der Waals surface area contributed by atoms with Gasteiger partial charge in [0.15, 0.2) is 0 Å². The van der Waals surface area contributed by atoms with Gasteiger partial charge in [0, 0.05) is 6.67 Å². The van der Waals surface area contributed by atoms with Crippen molar-refractivity contribution in [3.63, 3.8) is 0 Å². The Morgan fingerprint density at radius 1 is 1.11 bits per heavy atom. The third-order valence-corrected chi connectivity index (χ3v) is 1.71. The van der Waals surface area contributed by atoms with Crippen molar-refractivity contribution >= 4 is 12.4 Å². The van der Waals surface area contributed by atoms with Crippen molar-refractivity contribution in [3.05, 3.63) is 0 Å². The van der Waals surface area contributed by atoms with Gasteiger partial charge in [-0.1, -0.05) is 6.42 Å². The number of hydrogen-bond acceptors (Lipinski definition) is 2. The van der Waals surface area contributed by atoms with Gasteiger partial charge < -0.3 is 5.73 Å². The number of nitrogens with two attached hydrogens (primary N) is 1. The summed E-state index contributed by atoms with van der Waals surface area (Å²) in [7, 11) is 0. The second-order valence-corrected chi connectivity index (χ2v) is 2.36. The van der Waals surface area contributed by atoms with Gasteiger partial charge in [0.2, 0.25) is 0 Å². The van der Waals surface area contributed by atoms with Crippen molar-refractivity contribution in [2.75, 3.05) is 19.8 Å². The van der Waals surface area contributed by atoms with E-state index in [1.165, 1.54) is 32.4 Å². The highest BCUT2D eigenvalue weighted by atomic mass is 35.5. The minimum absolute atomic E-state index is 0. The molecule has 0 unspecified atom stereocenters. The first-order valence-electron chi connectivity index (χ1n) is 3.36. The van der Waals surface area contributed by atoms with Crippen molar-refractivity contribution in [1.82, 2.24) is 4.90 Å². The summed E-state index contributed by atoms with van der Waals surface area (Å²) in [4.78, 5) is 2.30. The van der Waals surface area contributed by atoms with Gasteiger partial charge >= 0.3 is 0 Å². The Kier molecular flexibility index (Phi) is 5.15. The smallest absolute Gasteiger partial charge is 0.0455 e. The normalized spacial score (nSPS) is 21.0. The number of halogens is 1. The molecule has 0 aromatic rings. The van der Waals surface area contributed by atoms with Gasteiger partial charge in [-0.15, -0.1) is 12.4 Å². The summed E-state index contributed by atoms with van der Waals surface area (Å²) >= 11 is 0. The third-order valence-electron chi connectivity index (χ3n) is 1.71. The summed E-state index contributed by atoms with van der Waals surface area (Å²) in [5, 5.41) is 0. The standard InChI is InChI=1S/C6H14N2.ClH/c7-6-8-4-2-1-3-5-8;/h1-7H2;1H. The number of hydrogen-bond donors (Lipinski definition) is 1. The molecule has 0 aromatic carbocycles. The minimum Gasteiger partial charge on any atom is -0.318 e. The predicted octanol–water partition coefficient (Wildman–Crippen LogP) is 0.810. The number of nitrogens with zero attached hydrogens (tertiary/aromatic N) is 1. The molecule has 0 atom stereocenters. The molecule has 1 aliphatic heterocycles. The predicted molar refractivity (Wildman–Crippen MR) is 41.7 cm³/mol. The topological polar surface area (TPSA) is 29.3 Å². The molecule has 56 valence electrons. The van der Waals surface area contributed by atoms with Crippen molar-refractivity contribution < 1.29 is 0 Å². The van der Waals surface area contributed by atoms with E-state index in [1.807, 2.05) is 0 Å². The van der Waals surface area contributed by atoms with Crippen LogP contribution in [0.4, 0.5) is 0 Å². The van der Waals surface area contributed by atoms with Crippen LogP contribution in [0.2, 0.25) is 0 Å². The summed E-state index contributed by atoms with van der Waals surface area (Å²) in [6, 6.07) is 0. The Morgan fingerprint density at radius 3 is 2.00 bits per heavy atom. The Hall–Kier alpha value is 0.210. The Balaban J connectivity index is 0.000000640. The molecule has 1 aliphatic rings. The van der Waals surface area contributed by atoms with E-state index in [-0.39, 0.29) is 12.4 Å². The van der Waals surface area contributed by atoms with Gasteiger partial charge in [-0.05, 0) is 25.9 Å². The second-order valence-electron chi connectivity index (χ2n) is 2.36. The van der Waals surface area contributed by atoms with Crippen molar-refractivity contribution in [3.8, 4) is 0 Å². The Morgan fingerprint density at radius 2 is 1.67 bits per heavy atom. The van der Waals surface area contributed by atoms with Gasteiger partial charge in [0.25, 0.3) is 0 Å². The number of rotatable bonds is 1. The third kappa shape index (κ3) is 3.04. The maximum atomic E-state index is 5.43. The molecular formula is C6H15ClN2. The van der Waals surface area contributed by atoms with E-state index in [9.17, 15) is 0 Å². The molecule has 0 saturated carbocycles. The lowest BCUT2D eigenvalue weighted by atomic mass is 10.1. The van der Waals surface area contributed by atoms with E-state index in [0.29, 0.717) is 0 Å². The largest absolute Gasteiger partial charge is 0.318 e. The zero-order valence-electron chi connectivity index (χ0n) is 5.68. The SMILES string of the molecule is Cl.NCN1CCCCC1. The van der Waals surface area contributed by atoms with E-state index >= 15 is 0 Å². The molecule has 0 amide bonds. The summed E-state index contributed by atoms with van der Waals surface area (Å²) in [6.07, 6.45) is 4.09. The highest BCUT2D eigenvalue weighted by Crippen LogP contribution is 2.05. The van der Waals surface area contributed by atoms with Gasteiger partial charge in [-0.2, -0.15) is 0 Å². The lowest BCUT2D eigenvalue weighted by Gasteiger charge is -2.23. The average Bonchev–Trinajstić information content (AvgIpc) is 1.90. The summed E-state index contributed by atoms with van der Waals surface area (Å²) in [5.74, 6) is 0. The highest BCUT2D eigenvalue weighted by molar-refractivity contribution is 5.85. The molecule has 1 fully saturated rings. The molecular weight excluding hydrogens is 136 g/mol. The van der Waals surface area contributed by atoms with Crippen LogP contribution in [0.15, 0.2) is 0 Å². The minimum atomic E-state index is 0.